The summed E-state index contributed by atoms with van der Waals surface area (Å²) in [7, 11) is 1.62. The zero-order valence-corrected chi connectivity index (χ0v) is 21.5. The lowest BCUT2D eigenvalue weighted by molar-refractivity contribution is -0.122. The first-order chi connectivity index (χ1) is 17.5. The SMILES string of the molecule is COc1ccc(CN2C(=O)/C(=C\c3ccc(-c4ccc(Cl)c(Cl)c4)o3)SC2=Nc2ccccc2)cc1. The zero-order valence-electron chi connectivity index (χ0n) is 19.2. The van der Waals surface area contributed by atoms with Crippen molar-refractivity contribution in [2.75, 3.05) is 7.11 Å². The van der Waals surface area contributed by atoms with Gasteiger partial charge >= 0.3 is 0 Å². The maximum atomic E-state index is 13.5. The monoisotopic (exact) mass is 534 g/mol. The van der Waals surface area contributed by atoms with Crippen LogP contribution in [0.25, 0.3) is 17.4 Å². The minimum absolute atomic E-state index is 0.141. The van der Waals surface area contributed by atoms with Gasteiger partial charge in [-0.3, -0.25) is 9.69 Å². The number of rotatable bonds is 6. The second-order valence-corrected chi connectivity index (χ2v) is 9.73. The predicted molar refractivity (Wildman–Crippen MR) is 147 cm³/mol. The molecule has 1 amide bonds. The lowest BCUT2D eigenvalue weighted by Crippen LogP contribution is -2.28. The van der Waals surface area contributed by atoms with Crippen molar-refractivity contribution in [2.45, 2.75) is 6.54 Å². The van der Waals surface area contributed by atoms with E-state index >= 15 is 0 Å². The molecule has 8 heteroatoms. The van der Waals surface area contributed by atoms with Crippen molar-refractivity contribution in [2.24, 2.45) is 4.99 Å². The Hall–Kier alpha value is -3.45. The number of furan rings is 1. The van der Waals surface area contributed by atoms with Crippen LogP contribution in [0, 0.1) is 0 Å². The largest absolute Gasteiger partial charge is 0.497 e. The molecular formula is C28H20Cl2N2O3S. The van der Waals surface area contributed by atoms with Crippen LogP contribution in [-0.2, 0) is 11.3 Å². The Morgan fingerprint density at radius 1 is 0.972 bits per heavy atom. The number of aliphatic imine (C=N–C) groups is 1. The standard InChI is InChI=1S/C28H20Cl2N2O3S/c1-34-21-10-7-18(8-11-21)17-32-27(33)26(36-28(32)31-20-5-3-2-4-6-20)16-22-12-14-25(35-22)19-9-13-23(29)24(30)15-19/h2-16H,17H2,1H3/b26-16+,31-28?. The molecule has 0 atom stereocenters. The van der Waals surface area contributed by atoms with Gasteiger partial charge in [-0.1, -0.05) is 53.5 Å². The number of methoxy groups -OCH3 is 1. The van der Waals surface area contributed by atoms with Crippen molar-refractivity contribution in [3.8, 4) is 17.1 Å². The number of hydrogen-bond acceptors (Lipinski definition) is 5. The number of thioether (sulfide) groups is 1. The van der Waals surface area contributed by atoms with Gasteiger partial charge < -0.3 is 9.15 Å². The highest BCUT2D eigenvalue weighted by atomic mass is 35.5. The van der Waals surface area contributed by atoms with E-state index in [0.29, 0.717) is 38.2 Å². The number of amidine groups is 1. The first kappa shape index (κ1) is 24.3. The van der Waals surface area contributed by atoms with Gasteiger partial charge in [-0.25, -0.2) is 4.99 Å². The fraction of sp³-hybridized carbons (Fsp3) is 0.0714. The van der Waals surface area contributed by atoms with Gasteiger partial charge in [-0.15, -0.1) is 0 Å². The van der Waals surface area contributed by atoms with Crippen molar-refractivity contribution >= 4 is 57.8 Å². The van der Waals surface area contributed by atoms with E-state index in [4.69, 9.17) is 37.3 Å². The molecule has 5 nitrogen and oxygen atoms in total. The first-order valence-corrected chi connectivity index (χ1v) is 12.6. The molecule has 0 bridgehead atoms. The third kappa shape index (κ3) is 5.36. The van der Waals surface area contributed by atoms with E-state index in [9.17, 15) is 4.79 Å². The lowest BCUT2D eigenvalue weighted by atomic mass is 10.2. The molecule has 1 fully saturated rings. The van der Waals surface area contributed by atoms with E-state index in [1.165, 1.54) is 11.8 Å². The molecule has 0 N–H and O–H groups in total. The Morgan fingerprint density at radius 3 is 2.47 bits per heavy atom. The van der Waals surface area contributed by atoms with Crippen LogP contribution in [0.2, 0.25) is 10.0 Å². The highest BCUT2D eigenvalue weighted by Gasteiger charge is 2.34. The van der Waals surface area contributed by atoms with Crippen LogP contribution in [0.1, 0.15) is 11.3 Å². The summed E-state index contributed by atoms with van der Waals surface area (Å²) in [6.45, 7) is 0.380. The topological polar surface area (TPSA) is 55.0 Å². The maximum absolute atomic E-state index is 13.5. The summed E-state index contributed by atoms with van der Waals surface area (Å²) in [6, 6.07) is 26.2. The van der Waals surface area contributed by atoms with Crippen LogP contribution >= 0.6 is 35.0 Å². The minimum atomic E-state index is -0.141. The van der Waals surface area contributed by atoms with Crippen LogP contribution in [0.4, 0.5) is 5.69 Å². The van der Waals surface area contributed by atoms with Crippen LogP contribution in [0.3, 0.4) is 0 Å². The Kier molecular flexibility index (Phi) is 7.18. The summed E-state index contributed by atoms with van der Waals surface area (Å²) in [4.78, 5) is 20.4. The zero-order chi connectivity index (χ0) is 25.1. The molecule has 4 aromatic rings. The Labute approximate surface area is 223 Å². The number of hydrogen-bond donors (Lipinski definition) is 0. The molecule has 0 aliphatic carbocycles. The van der Waals surface area contributed by atoms with E-state index in [2.05, 4.69) is 0 Å². The van der Waals surface area contributed by atoms with E-state index in [0.717, 1.165) is 22.6 Å². The molecule has 1 saturated heterocycles. The third-order valence-corrected chi connectivity index (χ3v) is 7.22. The van der Waals surface area contributed by atoms with Gasteiger partial charge in [0, 0.05) is 11.6 Å². The second-order valence-electron chi connectivity index (χ2n) is 7.91. The maximum Gasteiger partial charge on any atom is 0.267 e. The predicted octanol–water partition coefficient (Wildman–Crippen LogP) is 8.07. The quantitative estimate of drug-likeness (QED) is 0.234. The average Bonchev–Trinajstić information content (AvgIpc) is 3.47. The Bertz CT molecular complexity index is 1460. The van der Waals surface area contributed by atoms with E-state index in [1.807, 2.05) is 72.8 Å². The molecule has 2 heterocycles. The van der Waals surface area contributed by atoms with Gasteiger partial charge in [0.05, 0.1) is 34.3 Å². The van der Waals surface area contributed by atoms with Gasteiger partial charge in [0.2, 0.25) is 0 Å². The number of ether oxygens (including phenoxy) is 1. The van der Waals surface area contributed by atoms with Gasteiger partial charge in [0.1, 0.15) is 17.3 Å². The molecule has 180 valence electrons. The summed E-state index contributed by atoms with van der Waals surface area (Å²) in [5, 5.41) is 1.52. The summed E-state index contributed by atoms with van der Waals surface area (Å²) >= 11 is 13.5. The summed E-state index contributed by atoms with van der Waals surface area (Å²) < 4.78 is 11.2. The smallest absolute Gasteiger partial charge is 0.267 e. The fourth-order valence-corrected chi connectivity index (χ4v) is 4.90. The van der Waals surface area contributed by atoms with E-state index < -0.39 is 0 Å². The van der Waals surface area contributed by atoms with Gasteiger partial charge in [-0.2, -0.15) is 0 Å². The minimum Gasteiger partial charge on any atom is -0.497 e. The molecule has 1 aliphatic heterocycles. The molecule has 0 unspecified atom stereocenters. The molecule has 36 heavy (non-hydrogen) atoms. The van der Waals surface area contributed by atoms with Crippen molar-refractivity contribution in [1.29, 1.82) is 0 Å². The summed E-state index contributed by atoms with van der Waals surface area (Å²) in [6.07, 6.45) is 1.74. The molecule has 0 saturated carbocycles. The lowest BCUT2D eigenvalue weighted by Gasteiger charge is -2.16. The van der Waals surface area contributed by atoms with Crippen molar-refractivity contribution in [3.05, 3.63) is 111 Å². The fourth-order valence-electron chi connectivity index (χ4n) is 3.62. The molecule has 0 radical (unpaired) electrons. The Balaban J connectivity index is 1.45. The molecular weight excluding hydrogens is 515 g/mol. The number of nitrogens with zero attached hydrogens (tertiary/aromatic N) is 2. The second kappa shape index (κ2) is 10.7. The Morgan fingerprint density at radius 2 is 1.75 bits per heavy atom. The summed E-state index contributed by atoms with van der Waals surface area (Å²) in [5.41, 5.74) is 2.53. The number of amides is 1. The van der Waals surface area contributed by atoms with Gasteiger partial charge in [0.15, 0.2) is 5.17 Å². The first-order valence-electron chi connectivity index (χ1n) is 11.0. The van der Waals surface area contributed by atoms with Gasteiger partial charge in [0.25, 0.3) is 5.91 Å². The van der Waals surface area contributed by atoms with Crippen LogP contribution in [-0.4, -0.2) is 23.1 Å². The highest BCUT2D eigenvalue weighted by Crippen LogP contribution is 2.36. The van der Waals surface area contributed by atoms with E-state index in [1.54, 1.807) is 30.2 Å². The number of carbonyl (C=O) groups is 1. The molecule has 0 spiro atoms. The molecule has 3 aromatic carbocycles. The number of carbonyl (C=O) groups excluding carboxylic acids is 1. The molecule has 1 aliphatic rings. The van der Waals surface area contributed by atoms with Crippen molar-refractivity contribution in [3.63, 3.8) is 0 Å². The van der Waals surface area contributed by atoms with Gasteiger partial charge in [-0.05, 0) is 71.9 Å². The molecule has 5 rings (SSSR count). The third-order valence-electron chi connectivity index (χ3n) is 5.47. The molecule has 1 aromatic heterocycles. The average molecular weight is 535 g/mol. The number of halogens is 2. The van der Waals surface area contributed by atoms with E-state index in [-0.39, 0.29) is 5.91 Å². The van der Waals surface area contributed by atoms with Crippen LogP contribution in [0.15, 0.2) is 99.2 Å². The van der Waals surface area contributed by atoms with Crippen LogP contribution < -0.4 is 4.74 Å². The van der Waals surface area contributed by atoms with Crippen molar-refractivity contribution < 1.29 is 13.9 Å². The summed E-state index contributed by atoms with van der Waals surface area (Å²) in [5.74, 6) is 1.80. The van der Waals surface area contributed by atoms with Crippen LogP contribution in [0.5, 0.6) is 5.75 Å². The normalized spacial score (nSPS) is 15.8. The highest BCUT2D eigenvalue weighted by molar-refractivity contribution is 8.18. The number of benzene rings is 3. The number of para-hydroxylation sites is 1. The van der Waals surface area contributed by atoms with Crippen molar-refractivity contribution in [1.82, 2.24) is 4.90 Å².